The topological polar surface area (TPSA) is 24.9 Å². The highest BCUT2D eigenvalue weighted by atomic mass is 32.1. The van der Waals surface area contributed by atoms with Gasteiger partial charge in [-0.25, -0.2) is 4.98 Å². The van der Waals surface area contributed by atoms with E-state index in [4.69, 9.17) is 4.98 Å². The summed E-state index contributed by atoms with van der Waals surface area (Å²) in [6.07, 6.45) is 5.38. The average molecular weight is 266 g/mol. The van der Waals surface area contributed by atoms with Crippen LogP contribution in [0.3, 0.4) is 0 Å². The highest BCUT2D eigenvalue weighted by molar-refractivity contribution is 7.12. The fraction of sp³-hybridized carbons (Fsp3) is 0.667. The van der Waals surface area contributed by atoms with E-state index in [1.807, 2.05) is 11.3 Å². The zero-order valence-electron chi connectivity index (χ0n) is 12.5. The molecule has 18 heavy (non-hydrogen) atoms. The van der Waals surface area contributed by atoms with E-state index in [0.29, 0.717) is 6.04 Å². The lowest BCUT2D eigenvalue weighted by molar-refractivity contribution is 0.581. The van der Waals surface area contributed by atoms with Crippen LogP contribution in [-0.4, -0.2) is 11.5 Å². The molecule has 0 radical (unpaired) electrons. The molecule has 0 saturated carbocycles. The maximum atomic E-state index is 4.71. The number of allylic oxidation sites excluding steroid dienone is 1. The number of hydrogen-bond acceptors (Lipinski definition) is 3. The van der Waals surface area contributed by atoms with Crippen molar-refractivity contribution in [1.82, 2.24) is 10.3 Å². The second-order valence-corrected chi connectivity index (χ2v) is 6.78. The number of rotatable bonds is 5. The van der Waals surface area contributed by atoms with Crippen molar-refractivity contribution in [3.63, 3.8) is 0 Å². The molecule has 0 spiro atoms. The van der Waals surface area contributed by atoms with Crippen LogP contribution in [-0.2, 0) is 5.41 Å². The molecule has 2 nitrogen and oxygen atoms in total. The van der Waals surface area contributed by atoms with Gasteiger partial charge in [-0.05, 0) is 33.7 Å². The predicted molar refractivity (Wildman–Crippen MR) is 81.4 cm³/mol. The van der Waals surface area contributed by atoms with Crippen LogP contribution < -0.4 is 5.32 Å². The highest BCUT2D eigenvalue weighted by Gasteiger charge is 2.21. The van der Waals surface area contributed by atoms with Crippen molar-refractivity contribution in [3.05, 3.63) is 27.7 Å². The second-order valence-electron chi connectivity index (χ2n) is 5.75. The summed E-state index contributed by atoms with van der Waals surface area (Å²) >= 11 is 1.85. The molecule has 1 rings (SSSR count). The van der Waals surface area contributed by atoms with Gasteiger partial charge in [-0.3, -0.25) is 0 Å². The SMILES string of the molecule is C/C=C/CCNC(C)c1sc(C(C)(C)C)nc1C. The van der Waals surface area contributed by atoms with Gasteiger partial charge in [-0.15, -0.1) is 11.3 Å². The van der Waals surface area contributed by atoms with E-state index < -0.39 is 0 Å². The molecule has 0 amide bonds. The lowest BCUT2D eigenvalue weighted by Crippen LogP contribution is -2.19. The normalized spacial score (nSPS) is 14.3. The van der Waals surface area contributed by atoms with Gasteiger partial charge in [0.1, 0.15) is 0 Å². The molecule has 1 aromatic heterocycles. The zero-order chi connectivity index (χ0) is 13.8. The number of nitrogens with zero attached hydrogens (tertiary/aromatic N) is 1. The Morgan fingerprint density at radius 2 is 2.06 bits per heavy atom. The molecule has 1 N–H and O–H groups in total. The van der Waals surface area contributed by atoms with Crippen LogP contribution in [0.25, 0.3) is 0 Å². The van der Waals surface area contributed by atoms with E-state index in [-0.39, 0.29) is 5.41 Å². The van der Waals surface area contributed by atoms with Crippen LogP contribution in [0.2, 0.25) is 0 Å². The number of aryl methyl sites for hydroxylation is 1. The minimum atomic E-state index is 0.151. The maximum absolute atomic E-state index is 4.71. The van der Waals surface area contributed by atoms with E-state index >= 15 is 0 Å². The molecule has 0 aromatic carbocycles. The summed E-state index contributed by atoms with van der Waals surface area (Å²) in [4.78, 5) is 6.09. The maximum Gasteiger partial charge on any atom is 0.0985 e. The molecule has 1 unspecified atom stereocenters. The number of hydrogen-bond donors (Lipinski definition) is 1. The van der Waals surface area contributed by atoms with Crippen LogP contribution >= 0.6 is 11.3 Å². The fourth-order valence-electron chi connectivity index (χ4n) is 1.77. The van der Waals surface area contributed by atoms with Crippen molar-refractivity contribution in [1.29, 1.82) is 0 Å². The Balaban J connectivity index is 2.68. The van der Waals surface area contributed by atoms with Crippen LogP contribution in [0.4, 0.5) is 0 Å². The fourth-order valence-corrected chi connectivity index (χ4v) is 2.92. The zero-order valence-corrected chi connectivity index (χ0v) is 13.3. The van der Waals surface area contributed by atoms with Crippen molar-refractivity contribution in [3.8, 4) is 0 Å². The van der Waals surface area contributed by atoms with Crippen molar-refractivity contribution >= 4 is 11.3 Å². The quantitative estimate of drug-likeness (QED) is 0.632. The Kier molecular flexibility index (Phi) is 5.54. The van der Waals surface area contributed by atoms with Gasteiger partial charge in [-0.2, -0.15) is 0 Å². The second kappa shape index (κ2) is 6.48. The molecular weight excluding hydrogens is 240 g/mol. The van der Waals surface area contributed by atoms with Crippen LogP contribution in [0.5, 0.6) is 0 Å². The van der Waals surface area contributed by atoms with Gasteiger partial charge in [-0.1, -0.05) is 32.9 Å². The van der Waals surface area contributed by atoms with Crippen molar-refractivity contribution in [2.24, 2.45) is 0 Å². The molecule has 0 aliphatic carbocycles. The molecule has 0 bridgehead atoms. The monoisotopic (exact) mass is 266 g/mol. The Morgan fingerprint density at radius 1 is 1.39 bits per heavy atom. The van der Waals surface area contributed by atoms with Gasteiger partial charge in [0.2, 0.25) is 0 Å². The summed E-state index contributed by atoms with van der Waals surface area (Å²) in [7, 11) is 0. The first kappa shape index (κ1) is 15.4. The first-order valence-corrected chi connectivity index (χ1v) is 7.50. The minimum Gasteiger partial charge on any atom is -0.309 e. The molecule has 102 valence electrons. The molecule has 0 aliphatic rings. The molecule has 1 aromatic rings. The first-order chi connectivity index (χ1) is 8.36. The van der Waals surface area contributed by atoms with Gasteiger partial charge in [0.15, 0.2) is 0 Å². The van der Waals surface area contributed by atoms with Gasteiger partial charge < -0.3 is 5.32 Å². The molecule has 1 heterocycles. The molecule has 0 saturated heterocycles. The van der Waals surface area contributed by atoms with E-state index in [1.165, 1.54) is 15.6 Å². The van der Waals surface area contributed by atoms with Gasteiger partial charge in [0.25, 0.3) is 0 Å². The van der Waals surface area contributed by atoms with Crippen molar-refractivity contribution in [2.45, 2.75) is 59.4 Å². The van der Waals surface area contributed by atoms with E-state index in [0.717, 1.165) is 13.0 Å². The predicted octanol–water partition coefficient (Wildman–Crippen LogP) is 4.37. The summed E-state index contributed by atoms with van der Waals surface area (Å²) in [6.45, 7) is 14.1. The lowest BCUT2D eigenvalue weighted by atomic mass is 9.98. The summed E-state index contributed by atoms with van der Waals surface area (Å²) in [5.41, 5.74) is 1.33. The smallest absolute Gasteiger partial charge is 0.0985 e. The van der Waals surface area contributed by atoms with E-state index in [1.54, 1.807) is 0 Å². The summed E-state index contributed by atoms with van der Waals surface area (Å²) in [5, 5.41) is 4.79. The van der Waals surface area contributed by atoms with Crippen LogP contribution in [0, 0.1) is 6.92 Å². The Bertz CT molecular complexity index is 399. The van der Waals surface area contributed by atoms with Crippen molar-refractivity contribution < 1.29 is 0 Å². The summed E-state index contributed by atoms with van der Waals surface area (Å²) < 4.78 is 0. The van der Waals surface area contributed by atoms with Crippen LogP contribution in [0.15, 0.2) is 12.2 Å². The van der Waals surface area contributed by atoms with Crippen LogP contribution in [0.1, 0.15) is 62.7 Å². The number of aromatic nitrogens is 1. The Labute approximate surface area is 116 Å². The third-order valence-corrected chi connectivity index (χ3v) is 4.63. The minimum absolute atomic E-state index is 0.151. The molecule has 1 atom stereocenters. The third kappa shape index (κ3) is 4.21. The molecular formula is C15H26N2S. The lowest BCUT2D eigenvalue weighted by Gasteiger charge is -2.14. The van der Waals surface area contributed by atoms with E-state index in [9.17, 15) is 0 Å². The number of thiazole rings is 1. The summed E-state index contributed by atoms with van der Waals surface area (Å²) in [5.74, 6) is 0. The van der Waals surface area contributed by atoms with Crippen molar-refractivity contribution in [2.75, 3.05) is 6.54 Å². The number of nitrogens with one attached hydrogen (secondary N) is 1. The largest absolute Gasteiger partial charge is 0.309 e. The van der Waals surface area contributed by atoms with Gasteiger partial charge in [0.05, 0.1) is 10.7 Å². The average Bonchev–Trinajstić information content (AvgIpc) is 2.66. The molecule has 3 heteroatoms. The summed E-state index contributed by atoms with van der Waals surface area (Å²) in [6, 6.07) is 0.392. The highest BCUT2D eigenvalue weighted by Crippen LogP contribution is 2.32. The Morgan fingerprint density at radius 3 is 2.56 bits per heavy atom. The first-order valence-electron chi connectivity index (χ1n) is 6.68. The third-order valence-electron chi connectivity index (χ3n) is 2.86. The molecule has 0 fully saturated rings. The standard InChI is InChI=1S/C15H26N2S/c1-7-8-9-10-16-11(2)13-12(3)17-14(18-13)15(4,5)6/h7-8,11,16H,9-10H2,1-6H3/b8-7+. The Hall–Kier alpha value is -0.670. The van der Waals surface area contributed by atoms with Gasteiger partial charge >= 0.3 is 0 Å². The molecule has 0 aliphatic heterocycles. The van der Waals surface area contributed by atoms with Gasteiger partial charge in [0, 0.05) is 16.3 Å². The van der Waals surface area contributed by atoms with E-state index in [2.05, 4.69) is 59.0 Å².